The normalized spacial score (nSPS) is 10.7. The lowest BCUT2D eigenvalue weighted by Gasteiger charge is -2.10. The Bertz CT molecular complexity index is 661. The molecule has 0 aliphatic carbocycles. The van der Waals surface area contributed by atoms with Gasteiger partial charge >= 0.3 is 6.03 Å². The number of hydrogen-bond donors (Lipinski definition) is 3. The number of benzene rings is 1. The van der Waals surface area contributed by atoms with E-state index in [2.05, 4.69) is 16.0 Å². The Balaban J connectivity index is 1.97. The molecule has 0 radical (unpaired) electrons. The monoisotopic (exact) mass is 289 g/mol. The quantitative estimate of drug-likeness (QED) is 0.808. The number of anilines is 1. The fraction of sp³-hybridized carbons (Fsp3) is 0.333. The minimum Gasteiger partial charge on any atom is -0.459 e. The predicted molar refractivity (Wildman–Crippen MR) is 81.3 cm³/mol. The van der Waals surface area contributed by atoms with Crippen LogP contribution in [0.3, 0.4) is 0 Å². The van der Waals surface area contributed by atoms with Crippen LogP contribution >= 0.6 is 0 Å². The van der Waals surface area contributed by atoms with Crippen molar-refractivity contribution in [1.29, 1.82) is 0 Å². The van der Waals surface area contributed by atoms with Gasteiger partial charge in [-0.25, -0.2) is 4.79 Å². The summed E-state index contributed by atoms with van der Waals surface area (Å²) in [4.78, 5) is 23.3. The van der Waals surface area contributed by atoms with Crippen molar-refractivity contribution in [2.24, 2.45) is 0 Å². The molecule has 0 spiro atoms. The second-order valence-corrected chi connectivity index (χ2v) is 5.11. The number of amides is 3. The summed E-state index contributed by atoms with van der Waals surface area (Å²) < 4.78 is 5.56. The molecule has 0 aliphatic rings. The maximum absolute atomic E-state index is 11.8. The number of rotatable bonds is 4. The summed E-state index contributed by atoms with van der Waals surface area (Å²) in [5.41, 5.74) is 1.19. The van der Waals surface area contributed by atoms with Crippen LogP contribution < -0.4 is 16.0 Å². The summed E-state index contributed by atoms with van der Waals surface area (Å²) in [6, 6.07) is 6.98. The van der Waals surface area contributed by atoms with Crippen molar-refractivity contribution in [3.05, 3.63) is 30.0 Å². The van der Waals surface area contributed by atoms with Gasteiger partial charge in [-0.15, -0.1) is 0 Å². The topological polar surface area (TPSA) is 83.4 Å². The van der Waals surface area contributed by atoms with Crippen LogP contribution in [0.4, 0.5) is 10.5 Å². The molecular weight excluding hydrogens is 270 g/mol. The number of carbonyl (C=O) groups excluding carboxylic acids is 2. The van der Waals surface area contributed by atoms with Crippen molar-refractivity contribution in [2.75, 3.05) is 11.9 Å². The van der Waals surface area contributed by atoms with E-state index in [0.717, 1.165) is 11.1 Å². The first-order chi connectivity index (χ1) is 9.95. The third-order valence-corrected chi connectivity index (χ3v) is 2.77. The van der Waals surface area contributed by atoms with E-state index in [-0.39, 0.29) is 18.5 Å². The predicted octanol–water partition coefficient (Wildman–Crippen LogP) is 2.39. The third kappa shape index (κ3) is 3.98. The van der Waals surface area contributed by atoms with E-state index < -0.39 is 6.03 Å². The fourth-order valence-corrected chi connectivity index (χ4v) is 1.99. The zero-order valence-electron chi connectivity index (χ0n) is 12.3. The van der Waals surface area contributed by atoms with Gasteiger partial charge in [0.2, 0.25) is 5.91 Å². The van der Waals surface area contributed by atoms with Gasteiger partial charge < -0.3 is 20.4 Å². The van der Waals surface area contributed by atoms with Crippen LogP contribution in [0.2, 0.25) is 0 Å². The number of carbonyl (C=O) groups is 2. The van der Waals surface area contributed by atoms with Gasteiger partial charge in [0, 0.05) is 11.4 Å². The van der Waals surface area contributed by atoms with Crippen LogP contribution in [0.5, 0.6) is 0 Å². The molecule has 2 rings (SSSR count). The summed E-state index contributed by atoms with van der Waals surface area (Å²) in [5, 5.41) is 8.80. The highest BCUT2D eigenvalue weighted by atomic mass is 16.3. The van der Waals surface area contributed by atoms with E-state index in [4.69, 9.17) is 4.42 Å². The highest BCUT2D eigenvalue weighted by molar-refractivity contribution is 6.00. The molecular formula is C15H19N3O3. The molecule has 3 amide bonds. The summed E-state index contributed by atoms with van der Waals surface area (Å²) in [7, 11) is 0. The lowest BCUT2D eigenvalue weighted by molar-refractivity contribution is -0.120. The molecule has 1 aromatic carbocycles. The molecule has 3 N–H and O–H groups in total. The molecule has 0 aliphatic heterocycles. The molecule has 2 aromatic rings. The van der Waals surface area contributed by atoms with E-state index >= 15 is 0 Å². The number of urea groups is 1. The molecule has 1 heterocycles. The average Bonchev–Trinajstić information content (AvgIpc) is 2.77. The first-order valence-corrected chi connectivity index (χ1v) is 6.79. The van der Waals surface area contributed by atoms with Crippen molar-refractivity contribution in [1.82, 2.24) is 10.6 Å². The number of fused-ring (bicyclic) bond motifs is 1. The second-order valence-electron chi connectivity index (χ2n) is 5.11. The Kier molecular flexibility index (Phi) is 4.47. The number of para-hydroxylation sites is 1. The molecule has 0 saturated heterocycles. The average molecular weight is 289 g/mol. The molecule has 0 unspecified atom stereocenters. The largest absolute Gasteiger partial charge is 0.459 e. The Morgan fingerprint density at radius 3 is 2.76 bits per heavy atom. The Morgan fingerprint density at radius 1 is 1.29 bits per heavy atom. The molecule has 6 nitrogen and oxygen atoms in total. The number of nitrogens with one attached hydrogen (secondary N) is 3. The standard InChI is InChI=1S/C15H19N3O3/c1-9(2)17-13(19)8-16-15(20)18-12-6-4-5-11-7-10(3)21-14(11)12/h4-7,9H,8H2,1-3H3,(H,17,19)(H2,16,18,20). The molecule has 21 heavy (non-hydrogen) atoms. The second kappa shape index (κ2) is 6.30. The van der Waals surface area contributed by atoms with Crippen LogP contribution in [0.1, 0.15) is 19.6 Å². The van der Waals surface area contributed by atoms with E-state index in [9.17, 15) is 9.59 Å². The summed E-state index contributed by atoms with van der Waals surface area (Å²) in [5.74, 6) is 0.545. The molecule has 0 bridgehead atoms. The lowest BCUT2D eigenvalue weighted by Crippen LogP contribution is -2.41. The van der Waals surface area contributed by atoms with Crippen molar-refractivity contribution in [2.45, 2.75) is 26.8 Å². The molecule has 1 aromatic heterocycles. The van der Waals surface area contributed by atoms with Gasteiger partial charge in [0.05, 0.1) is 12.2 Å². The van der Waals surface area contributed by atoms with Gasteiger partial charge in [0.15, 0.2) is 5.58 Å². The first kappa shape index (κ1) is 14.9. The zero-order valence-corrected chi connectivity index (χ0v) is 12.3. The molecule has 0 atom stereocenters. The van der Waals surface area contributed by atoms with Gasteiger partial charge in [0.25, 0.3) is 0 Å². The first-order valence-electron chi connectivity index (χ1n) is 6.79. The number of aryl methyl sites for hydroxylation is 1. The van der Waals surface area contributed by atoms with Crippen LogP contribution in [0.25, 0.3) is 11.0 Å². The van der Waals surface area contributed by atoms with Crippen molar-refractivity contribution in [3.8, 4) is 0 Å². The minimum atomic E-state index is -0.449. The molecule has 6 heteroatoms. The molecule has 112 valence electrons. The molecule has 0 saturated carbocycles. The number of hydrogen-bond acceptors (Lipinski definition) is 3. The van der Waals surface area contributed by atoms with E-state index in [0.29, 0.717) is 11.3 Å². The highest BCUT2D eigenvalue weighted by Gasteiger charge is 2.10. The fourth-order valence-electron chi connectivity index (χ4n) is 1.99. The van der Waals surface area contributed by atoms with Crippen LogP contribution in [-0.4, -0.2) is 24.5 Å². The SMILES string of the molecule is Cc1cc2cccc(NC(=O)NCC(=O)NC(C)C)c2o1. The number of furan rings is 1. The summed E-state index contributed by atoms with van der Waals surface area (Å²) in [6.45, 7) is 5.49. The van der Waals surface area contributed by atoms with Crippen LogP contribution in [-0.2, 0) is 4.79 Å². The van der Waals surface area contributed by atoms with Crippen LogP contribution in [0, 0.1) is 6.92 Å². The highest BCUT2D eigenvalue weighted by Crippen LogP contribution is 2.26. The maximum atomic E-state index is 11.8. The van der Waals surface area contributed by atoms with Gasteiger partial charge in [0.1, 0.15) is 5.76 Å². The van der Waals surface area contributed by atoms with Gasteiger partial charge in [-0.1, -0.05) is 12.1 Å². The van der Waals surface area contributed by atoms with E-state index in [1.54, 1.807) is 6.07 Å². The van der Waals surface area contributed by atoms with E-state index in [1.807, 2.05) is 39.0 Å². The lowest BCUT2D eigenvalue weighted by atomic mass is 10.2. The van der Waals surface area contributed by atoms with Gasteiger partial charge in [-0.3, -0.25) is 4.79 Å². The van der Waals surface area contributed by atoms with Crippen LogP contribution in [0.15, 0.2) is 28.7 Å². The minimum absolute atomic E-state index is 0.0437. The Hall–Kier alpha value is -2.50. The van der Waals surface area contributed by atoms with Crippen molar-refractivity contribution in [3.63, 3.8) is 0 Å². The van der Waals surface area contributed by atoms with Gasteiger partial charge in [-0.05, 0) is 32.9 Å². The smallest absolute Gasteiger partial charge is 0.319 e. The third-order valence-electron chi connectivity index (χ3n) is 2.77. The summed E-state index contributed by atoms with van der Waals surface area (Å²) >= 11 is 0. The van der Waals surface area contributed by atoms with Gasteiger partial charge in [-0.2, -0.15) is 0 Å². The zero-order chi connectivity index (χ0) is 15.4. The Morgan fingerprint density at radius 2 is 2.05 bits per heavy atom. The van der Waals surface area contributed by atoms with Crippen molar-refractivity contribution >= 4 is 28.6 Å². The van der Waals surface area contributed by atoms with Crippen molar-refractivity contribution < 1.29 is 14.0 Å². The summed E-state index contributed by atoms with van der Waals surface area (Å²) in [6.07, 6.45) is 0. The van der Waals surface area contributed by atoms with E-state index in [1.165, 1.54) is 0 Å². The Labute approximate surface area is 122 Å². The maximum Gasteiger partial charge on any atom is 0.319 e. The molecule has 0 fully saturated rings.